The average Bonchev–Trinajstić information content (AvgIpc) is 2.35. The highest BCUT2D eigenvalue weighted by atomic mass is 32.2. The van der Waals surface area contributed by atoms with E-state index in [0.717, 1.165) is 33.5 Å². The van der Waals surface area contributed by atoms with E-state index in [9.17, 15) is 0 Å². The van der Waals surface area contributed by atoms with Gasteiger partial charge in [0.1, 0.15) is 5.75 Å². The van der Waals surface area contributed by atoms with Gasteiger partial charge in [-0.3, -0.25) is 0 Å². The Morgan fingerprint density at radius 3 is 2.56 bits per heavy atom. The van der Waals surface area contributed by atoms with Gasteiger partial charge < -0.3 is 4.74 Å². The normalized spacial score (nSPS) is 10.6. The molecule has 0 amide bonds. The number of ether oxygens (including phenoxy) is 1. The maximum Gasteiger partial charge on any atom is 0.119 e. The second-order valence-corrected chi connectivity index (χ2v) is 3.87. The standard InChI is InChI=1S/C11H10O4S/c1-13-10-4-2-9-7-11(16-15-14-12)5-3-8(9)6-10/h2-7,12H,1H3. The number of hydrogen-bond acceptors (Lipinski definition) is 5. The fourth-order valence-corrected chi connectivity index (χ4v) is 1.84. The minimum absolute atomic E-state index is 0.822. The van der Waals surface area contributed by atoms with Gasteiger partial charge in [-0.25, -0.2) is 5.26 Å². The van der Waals surface area contributed by atoms with Gasteiger partial charge in [0.15, 0.2) is 0 Å². The van der Waals surface area contributed by atoms with Gasteiger partial charge in [0.25, 0.3) is 0 Å². The molecule has 1 N–H and O–H groups in total. The number of benzene rings is 2. The summed E-state index contributed by atoms with van der Waals surface area (Å²) >= 11 is 0.942. The minimum atomic E-state index is 0.822. The Labute approximate surface area is 96.8 Å². The van der Waals surface area contributed by atoms with Crippen molar-refractivity contribution >= 4 is 22.8 Å². The monoisotopic (exact) mass is 238 g/mol. The van der Waals surface area contributed by atoms with E-state index in [-0.39, 0.29) is 0 Å². The van der Waals surface area contributed by atoms with Crippen molar-refractivity contribution in [2.45, 2.75) is 4.90 Å². The Bertz CT molecular complexity index is 486. The smallest absolute Gasteiger partial charge is 0.119 e. The van der Waals surface area contributed by atoms with E-state index in [0.29, 0.717) is 0 Å². The molecule has 5 heteroatoms. The van der Waals surface area contributed by atoms with E-state index in [1.54, 1.807) is 7.11 Å². The van der Waals surface area contributed by atoms with Crippen molar-refractivity contribution in [3.8, 4) is 5.75 Å². The maximum absolute atomic E-state index is 8.05. The van der Waals surface area contributed by atoms with Crippen LogP contribution >= 0.6 is 12.0 Å². The lowest BCUT2D eigenvalue weighted by Gasteiger charge is -2.04. The first-order chi connectivity index (χ1) is 7.83. The summed E-state index contributed by atoms with van der Waals surface area (Å²) < 4.78 is 9.50. The van der Waals surface area contributed by atoms with Crippen molar-refractivity contribution in [2.24, 2.45) is 0 Å². The third-order valence-corrected chi connectivity index (χ3v) is 2.75. The summed E-state index contributed by atoms with van der Waals surface area (Å²) in [6.45, 7) is 0. The number of methoxy groups -OCH3 is 1. The van der Waals surface area contributed by atoms with Gasteiger partial charge in [-0.1, -0.05) is 17.2 Å². The third-order valence-electron chi connectivity index (χ3n) is 2.18. The van der Waals surface area contributed by atoms with Crippen LogP contribution in [0.2, 0.25) is 0 Å². The van der Waals surface area contributed by atoms with E-state index in [1.807, 2.05) is 36.4 Å². The first-order valence-corrected chi connectivity index (χ1v) is 5.30. The molecule has 16 heavy (non-hydrogen) atoms. The van der Waals surface area contributed by atoms with Crippen LogP contribution in [0.1, 0.15) is 0 Å². The molecule has 0 heterocycles. The van der Waals surface area contributed by atoms with E-state index < -0.39 is 0 Å². The summed E-state index contributed by atoms with van der Waals surface area (Å²) in [5.41, 5.74) is 0. The minimum Gasteiger partial charge on any atom is -0.497 e. The molecule has 0 radical (unpaired) electrons. The van der Waals surface area contributed by atoms with Gasteiger partial charge in [0, 0.05) is 4.90 Å². The zero-order chi connectivity index (χ0) is 11.4. The molecule has 2 aromatic rings. The lowest BCUT2D eigenvalue weighted by Crippen LogP contribution is -1.83. The predicted molar refractivity (Wildman–Crippen MR) is 61.2 cm³/mol. The van der Waals surface area contributed by atoms with E-state index in [4.69, 9.17) is 9.99 Å². The Morgan fingerprint density at radius 1 is 1.06 bits per heavy atom. The van der Waals surface area contributed by atoms with Gasteiger partial charge >= 0.3 is 0 Å². The molecule has 0 aromatic heterocycles. The lowest BCUT2D eigenvalue weighted by atomic mass is 10.1. The Kier molecular flexibility index (Phi) is 3.63. The quantitative estimate of drug-likeness (QED) is 0.503. The number of hydrogen-bond donors (Lipinski definition) is 1. The Hall–Kier alpha value is -1.27. The molecule has 2 aromatic carbocycles. The highest BCUT2D eigenvalue weighted by Gasteiger charge is 2.00. The van der Waals surface area contributed by atoms with Crippen LogP contribution < -0.4 is 4.74 Å². The van der Waals surface area contributed by atoms with Crippen molar-refractivity contribution in [2.75, 3.05) is 7.11 Å². The van der Waals surface area contributed by atoms with Crippen LogP contribution in [-0.2, 0) is 9.37 Å². The summed E-state index contributed by atoms with van der Waals surface area (Å²) in [7, 11) is 1.64. The molecule has 4 nitrogen and oxygen atoms in total. The fourth-order valence-electron chi connectivity index (χ4n) is 1.44. The highest BCUT2D eigenvalue weighted by molar-refractivity contribution is 7.94. The molecule has 0 atom stereocenters. The molecule has 0 spiro atoms. The summed E-state index contributed by atoms with van der Waals surface area (Å²) in [5.74, 6) is 0.822. The molecule has 0 fully saturated rings. The molecule has 0 bridgehead atoms. The van der Waals surface area contributed by atoms with Crippen LogP contribution in [0.4, 0.5) is 0 Å². The SMILES string of the molecule is COc1ccc2cc(SOOO)ccc2c1. The Morgan fingerprint density at radius 2 is 1.81 bits per heavy atom. The molecule has 0 aliphatic heterocycles. The molecule has 0 aliphatic carbocycles. The molecule has 2 rings (SSSR count). The summed E-state index contributed by atoms with van der Waals surface area (Å²) in [5, 5.41) is 13.7. The largest absolute Gasteiger partial charge is 0.497 e. The van der Waals surface area contributed by atoms with Crippen molar-refractivity contribution in [1.82, 2.24) is 0 Å². The van der Waals surface area contributed by atoms with Crippen molar-refractivity contribution in [3.63, 3.8) is 0 Å². The van der Waals surface area contributed by atoms with Crippen LogP contribution in [0.3, 0.4) is 0 Å². The van der Waals surface area contributed by atoms with Crippen LogP contribution in [0.5, 0.6) is 5.75 Å². The first-order valence-electron chi connectivity index (χ1n) is 4.56. The van der Waals surface area contributed by atoms with E-state index >= 15 is 0 Å². The zero-order valence-electron chi connectivity index (χ0n) is 8.54. The third kappa shape index (κ3) is 2.45. The summed E-state index contributed by atoms with van der Waals surface area (Å²) in [6, 6.07) is 11.5. The van der Waals surface area contributed by atoms with Crippen molar-refractivity contribution < 1.29 is 19.4 Å². The molecule has 84 valence electrons. The molecule has 0 aliphatic rings. The zero-order valence-corrected chi connectivity index (χ0v) is 9.36. The van der Waals surface area contributed by atoms with Crippen molar-refractivity contribution in [1.29, 1.82) is 0 Å². The predicted octanol–water partition coefficient (Wildman–Crippen LogP) is 3.28. The van der Waals surface area contributed by atoms with Gasteiger partial charge in [-0.15, -0.1) is 4.33 Å². The maximum atomic E-state index is 8.05. The van der Waals surface area contributed by atoms with Crippen molar-refractivity contribution in [3.05, 3.63) is 36.4 Å². The second kappa shape index (κ2) is 5.18. The lowest BCUT2D eigenvalue weighted by molar-refractivity contribution is -0.432. The number of rotatable bonds is 4. The van der Waals surface area contributed by atoms with E-state index in [1.165, 1.54) is 0 Å². The summed E-state index contributed by atoms with van der Waals surface area (Å²) in [4.78, 5) is 0.840. The molecule has 0 saturated carbocycles. The van der Waals surface area contributed by atoms with Crippen LogP contribution in [0.15, 0.2) is 41.3 Å². The average molecular weight is 238 g/mol. The van der Waals surface area contributed by atoms with Crippen LogP contribution in [-0.4, -0.2) is 12.4 Å². The molecule has 0 unspecified atom stereocenters. The molecular weight excluding hydrogens is 228 g/mol. The Balaban J connectivity index is 2.32. The molecule has 0 saturated heterocycles. The van der Waals surface area contributed by atoms with E-state index in [2.05, 4.69) is 9.37 Å². The van der Waals surface area contributed by atoms with Crippen LogP contribution in [0.25, 0.3) is 10.8 Å². The second-order valence-electron chi connectivity index (χ2n) is 3.10. The van der Waals surface area contributed by atoms with Crippen LogP contribution in [0, 0.1) is 0 Å². The fraction of sp³-hybridized carbons (Fsp3) is 0.0909. The van der Waals surface area contributed by atoms with Gasteiger partial charge in [-0.05, 0) is 35.0 Å². The first kappa shape index (κ1) is 11.2. The highest BCUT2D eigenvalue weighted by Crippen LogP contribution is 2.26. The molecular formula is C11H10O4S. The van der Waals surface area contributed by atoms with Gasteiger partial charge in [-0.2, -0.15) is 0 Å². The summed E-state index contributed by atoms with van der Waals surface area (Å²) in [6.07, 6.45) is 0. The van der Waals surface area contributed by atoms with Gasteiger partial charge in [0.05, 0.1) is 19.2 Å². The topological polar surface area (TPSA) is 47.9 Å². The number of fused-ring (bicyclic) bond motifs is 1. The van der Waals surface area contributed by atoms with Gasteiger partial charge in [0.2, 0.25) is 0 Å².